The van der Waals surface area contributed by atoms with Crippen molar-refractivity contribution in [2.75, 3.05) is 18.4 Å². The maximum atomic E-state index is 13.3. The predicted octanol–water partition coefficient (Wildman–Crippen LogP) is 3.15. The van der Waals surface area contributed by atoms with Gasteiger partial charge in [0.15, 0.2) is 11.5 Å². The van der Waals surface area contributed by atoms with E-state index in [0.29, 0.717) is 35.2 Å². The molecule has 0 amide bonds. The maximum absolute atomic E-state index is 13.3. The molecular weight excluding hydrogens is 470 g/mol. The lowest BCUT2D eigenvalue weighted by Gasteiger charge is -2.23. The normalized spacial score (nSPS) is 14.4. The number of anilines is 2. The topological polar surface area (TPSA) is 117 Å². The molecule has 0 atom stereocenters. The van der Waals surface area contributed by atoms with E-state index in [1.807, 2.05) is 61.2 Å². The monoisotopic (exact) mass is 499 g/mol. The molecule has 2 N–H and O–H groups in total. The van der Waals surface area contributed by atoms with Crippen LogP contribution in [-0.2, 0) is 13.6 Å². The number of nitrogens with one attached hydrogen (secondary N) is 2. The zero-order chi connectivity index (χ0) is 25.4. The Bertz CT molecular complexity index is 1630. The number of pyridine rings is 1. The number of fused-ring (bicyclic) bond motifs is 2. The molecule has 11 heteroatoms. The van der Waals surface area contributed by atoms with Gasteiger partial charge in [0.05, 0.1) is 11.7 Å². The van der Waals surface area contributed by atoms with Crippen LogP contribution in [0.2, 0.25) is 0 Å². The zero-order valence-corrected chi connectivity index (χ0v) is 20.9. The Labute approximate surface area is 213 Å². The molecule has 1 fully saturated rings. The minimum absolute atomic E-state index is 0.124. The largest absolute Gasteiger partial charge is 0.474 e. The van der Waals surface area contributed by atoms with Crippen LogP contribution >= 0.6 is 0 Å². The molecule has 0 unspecified atom stereocenters. The van der Waals surface area contributed by atoms with Crippen LogP contribution in [0, 0.1) is 0 Å². The van der Waals surface area contributed by atoms with Crippen molar-refractivity contribution in [3.8, 4) is 11.7 Å². The van der Waals surface area contributed by atoms with Gasteiger partial charge in [-0.15, -0.1) is 0 Å². The molecule has 5 heterocycles. The van der Waals surface area contributed by atoms with Gasteiger partial charge in [-0.2, -0.15) is 15.1 Å². The van der Waals surface area contributed by atoms with Crippen molar-refractivity contribution in [1.82, 2.24) is 39.4 Å². The van der Waals surface area contributed by atoms with Crippen molar-refractivity contribution in [2.45, 2.75) is 38.8 Å². The fraction of sp³-hybridized carbons (Fsp3) is 0.346. The molecule has 1 aromatic carbocycles. The Morgan fingerprint density at radius 2 is 2.00 bits per heavy atom. The lowest BCUT2D eigenvalue weighted by molar-refractivity contribution is 0.156. The summed E-state index contributed by atoms with van der Waals surface area (Å²) in [5, 5.41) is 12.4. The summed E-state index contributed by atoms with van der Waals surface area (Å²) in [5.74, 6) is 1.51. The number of aromatic nitrogens is 7. The van der Waals surface area contributed by atoms with Crippen LogP contribution in [-0.4, -0.2) is 53.3 Å². The number of hydrogen-bond acceptors (Lipinski definition) is 8. The van der Waals surface area contributed by atoms with E-state index >= 15 is 0 Å². The van der Waals surface area contributed by atoms with E-state index < -0.39 is 0 Å². The molecule has 5 aromatic rings. The number of aryl methyl sites for hydroxylation is 1. The summed E-state index contributed by atoms with van der Waals surface area (Å²) in [4.78, 5) is 27.2. The Morgan fingerprint density at radius 1 is 1.14 bits per heavy atom. The Morgan fingerprint density at radius 3 is 2.84 bits per heavy atom. The Hall–Kier alpha value is -4.25. The van der Waals surface area contributed by atoms with Gasteiger partial charge in [0.25, 0.3) is 5.56 Å². The van der Waals surface area contributed by atoms with E-state index in [1.165, 1.54) is 0 Å². The van der Waals surface area contributed by atoms with Crippen molar-refractivity contribution >= 4 is 33.6 Å². The van der Waals surface area contributed by atoms with Gasteiger partial charge in [-0.05, 0) is 56.6 Å². The highest BCUT2D eigenvalue weighted by molar-refractivity contribution is 5.83. The fourth-order valence-electron chi connectivity index (χ4n) is 4.78. The first-order valence-electron chi connectivity index (χ1n) is 12.6. The second-order valence-corrected chi connectivity index (χ2v) is 9.24. The highest BCUT2D eigenvalue weighted by Crippen LogP contribution is 2.23. The molecule has 0 saturated carbocycles. The SMILES string of the molecule is CCCn1c(=O)c2cnc(Nc3ccc4c(cnn4C)c3)nc2n1-c1cccc(OC2CCNCC2)n1. The van der Waals surface area contributed by atoms with Crippen LogP contribution in [0.3, 0.4) is 0 Å². The number of rotatable bonds is 7. The van der Waals surface area contributed by atoms with Crippen molar-refractivity contribution in [1.29, 1.82) is 0 Å². The second-order valence-electron chi connectivity index (χ2n) is 9.24. The number of ether oxygens (including phenoxy) is 1. The maximum Gasteiger partial charge on any atom is 0.278 e. The van der Waals surface area contributed by atoms with E-state index in [-0.39, 0.29) is 11.7 Å². The molecule has 0 aliphatic carbocycles. The first-order valence-corrected chi connectivity index (χ1v) is 12.6. The number of benzene rings is 1. The molecule has 190 valence electrons. The molecule has 6 rings (SSSR count). The van der Waals surface area contributed by atoms with E-state index in [9.17, 15) is 4.79 Å². The lowest BCUT2D eigenvalue weighted by Crippen LogP contribution is -2.34. The van der Waals surface area contributed by atoms with Gasteiger partial charge in [-0.3, -0.25) is 9.48 Å². The van der Waals surface area contributed by atoms with E-state index in [2.05, 4.69) is 20.7 Å². The van der Waals surface area contributed by atoms with Crippen LogP contribution < -0.4 is 20.9 Å². The Kier molecular flexibility index (Phi) is 6.05. The van der Waals surface area contributed by atoms with Crippen molar-refractivity contribution in [3.05, 3.63) is 59.1 Å². The quantitative estimate of drug-likeness (QED) is 0.351. The highest BCUT2D eigenvalue weighted by Gasteiger charge is 2.20. The van der Waals surface area contributed by atoms with Crippen LogP contribution in [0.4, 0.5) is 11.6 Å². The average molecular weight is 500 g/mol. The first kappa shape index (κ1) is 23.2. The summed E-state index contributed by atoms with van der Waals surface area (Å²) in [7, 11) is 1.91. The van der Waals surface area contributed by atoms with Gasteiger partial charge in [0, 0.05) is 36.9 Å². The third kappa shape index (κ3) is 4.42. The van der Waals surface area contributed by atoms with Gasteiger partial charge < -0.3 is 15.4 Å². The number of piperidine rings is 1. The van der Waals surface area contributed by atoms with Crippen LogP contribution in [0.25, 0.3) is 27.8 Å². The predicted molar refractivity (Wildman–Crippen MR) is 142 cm³/mol. The van der Waals surface area contributed by atoms with Crippen molar-refractivity contribution in [2.24, 2.45) is 7.05 Å². The molecule has 11 nitrogen and oxygen atoms in total. The van der Waals surface area contributed by atoms with Gasteiger partial charge in [0.1, 0.15) is 11.5 Å². The summed E-state index contributed by atoms with van der Waals surface area (Å²) in [6.45, 7) is 4.43. The molecule has 1 aliphatic rings. The highest BCUT2D eigenvalue weighted by atomic mass is 16.5. The first-order chi connectivity index (χ1) is 18.1. The number of nitrogens with zero attached hydrogens (tertiary/aromatic N) is 7. The van der Waals surface area contributed by atoms with Gasteiger partial charge in [0.2, 0.25) is 11.8 Å². The zero-order valence-electron chi connectivity index (χ0n) is 20.9. The van der Waals surface area contributed by atoms with Crippen molar-refractivity contribution < 1.29 is 4.74 Å². The summed E-state index contributed by atoms with van der Waals surface area (Å²) < 4.78 is 11.4. The summed E-state index contributed by atoms with van der Waals surface area (Å²) in [6, 6.07) is 11.6. The van der Waals surface area contributed by atoms with Crippen LogP contribution in [0.1, 0.15) is 26.2 Å². The molecule has 1 aliphatic heterocycles. The molecule has 37 heavy (non-hydrogen) atoms. The van der Waals surface area contributed by atoms with Crippen LogP contribution in [0.5, 0.6) is 5.88 Å². The van der Waals surface area contributed by atoms with Crippen LogP contribution in [0.15, 0.2) is 53.6 Å². The van der Waals surface area contributed by atoms with E-state index in [0.717, 1.165) is 48.9 Å². The molecule has 0 radical (unpaired) electrons. The second kappa shape index (κ2) is 9.66. The third-order valence-electron chi connectivity index (χ3n) is 6.61. The molecule has 1 saturated heterocycles. The molecule has 0 spiro atoms. The summed E-state index contributed by atoms with van der Waals surface area (Å²) in [5.41, 5.74) is 2.21. The van der Waals surface area contributed by atoms with Gasteiger partial charge in [-0.1, -0.05) is 13.0 Å². The minimum atomic E-state index is -0.147. The molecule has 4 aromatic heterocycles. The third-order valence-corrected chi connectivity index (χ3v) is 6.61. The molecule has 0 bridgehead atoms. The van der Waals surface area contributed by atoms with Gasteiger partial charge >= 0.3 is 0 Å². The molecular formula is C26H29N9O2. The van der Waals surface area contributed by atoms with E-state index in [4.69, 9.17) is 14.7 Å². The average Bonchev–Trinajstić information content (AvgIpc) is 3.41. The smallest absolute Gasteiger partial charge is 0.278 e. The number of hydrogen-bond donors (Lipinski definition) is 2. The minimum Gasteiger partial charge on any atom is -0.474 e. The lowest BCUT2D eigenvalue weighted by atomic mass is 10.1. The Balaban J connectivity index is 1.39. The summed E-state index contributed by atoms with van der Waals surface area (Å²) in [6.07, 6.45) is 6.17. The van der Waals surface area contributed by atoms with E-state index in [1.54, 1.807) is 15.6 Å². The standard InChI is InChI=1S/C26H29N9O2/c1-3-13-34-25(36)20-16-28-26(30-18-7-8-21-17(14-18)15-29-33(21)2)32-24(20)35(34)22-5-4-6-23(31-22)37-19-9-11-27-12-10-19/h4-8,14-16,19,27H,3,9-13H2,1-2H3,(H,28,30,32). The fourth-order valence-corrected chi connectivity index (χ4v) is 4.78. The van der Waals surface area contributed by atoms with Crippen molar-refractivity contribution in [3.63, 3.8) is 0 Å². The van der Waals surface area contributed by atoms with Gasteiger partial charge in [-0.25, -0.2) is 14.3 Å². The summed E-state index contributed by atoms with van der Waals surface area (Å²) >= 11 is 0.